The fraction of sp³-hybridized carbons (Fsp3) is 0.350. The van der Waals surface area contributed by atoms with Gasteiger partial charge in [-0.3, -0.25) is 0 Å². The third kappa shape index (κ3) is 3.73. The molecule has 0 radical (unpaired) electrons. The molecule has 0 aliphatic rings. The summed E-state index contributed by atoms with van der Waals surface area (Å²) in [5.74, 6) is 0.937. The number of fused-ring (bicyclic) bond motifs is 1. The lowest BCUT2D eigenvalue weighted by atomic mass is 10.2. The molecule has 0 aliphatic heterocycles. The number of aryl methyl sites for hydroxylation is 2. The third-order valence-corrected chi connectivity index (χ3v) is 4.20. The SMILES string of the molecule is CCCCCCn1c(Nc2ccc(C)cc2)nc2ccccc21. The van der Waals surface area contributed by atoms with Crippen LogP contribution in [-0.4, -0.2) is 9.55 Å². The first-order valence-electron chi connectivity index (χ1n) is 8.57. The molecule has 0 amide bonds. The number of nitrogens with one attached hydrogen (secondary N) is 1. The van der Waals surface area contributed by atoms with Crippen molar-refractivity contribution in [2.45, 2.75) is 46.1 Å². The minimum absolute atomic E-state index is 0.937. The molecule has 0 bridgehead atoms. The van der Waals surface area contributed by atoms with Crippen LogP contribution in [0.3, 0.4) is 0 Å². The Kier molecular flexibility index (Phi) is 4.96. The average molecular weight is 307 g/mol. The Balaban J connectivity index is 1.86. The highest BCUT2D eigenvalue weighted by molar-refractivity contribution is 5.79. The van der Waals surface area contributed by atoms with E-state index >= 15 is 0 Å². The first kappa shape index (κ1) is 15.6. The predicted molar refractivity (Wildman–Crippen MR) is 98.3 cm³/mol. The molecule has 3 nitrogen and oxygen atoms in total. The lowest BCUT2D eigenvalue weighted by molar-refractivity contribution is 0.595. The average Bonchev–Trinajstić information content (AvgIpc) is 2.91. The number of hydrogen-bond acceptors (Lipinski definition) is 2. The number of rotatable bonds is 7. The third-order valence-electron chi connectivity index (χ3n) is 4.20. The van der Waals surface area contributed by atoms with Crippen molar-refractivity contribution in [3.05, 3.63) is 54.1 Å². The standard InChI is InChI=1S/C20H25N3/c1-3-4-5-8-15-23-19-10-7-6-9-18(19)22-20(23)21-17-13-11-16(2)12-14-17/h6-7,9-14H,3-5,8,15H2,1-2H3,(H,21,22). The first-order valence-corrected chi connectivity index (χ1v) is 8.57. The smallest absolute Gasteiger partial charge is 0.208 e. The highest BCUT2D eigenvalue weighted by atomic mass is 15.2. The van der Waals surface area contributed by atoms with Gasteiger partial charge in [0.15, 0.2) is 0 Å². The van der Waals surface area contributed by atoms with Crippen LogP contribution in [0, 0.1) is 6.92 Å². The predicted octanol–water partition coefficient (Wildman–Crippen LogP) is 5.67. The van der Waals surface area contributed by atoms with Crippen LogP contribution < -0.4 is 5.32 Å². The van der Waals surface area contributed by atoms with Crippen molar-refractivity contribution in [3.8, 4) is 0 Å². The molecule has 23 heavy (non-hydrogen) atoms. The summed E-state index contributed by atoms with van der Waals surface area (Å²) >= 11 is 0. The van der Waals surface area contributed by atoms with E-state index in [1.165, 1.54) is 36.8 Å². The maximum atomic E-state index is 4.78. The maximum absolute atomic E-state index is 4.78. The number of hydrogen-bond donors (Lipinski definition) is 1. The van der Waals surface area contributed by atoms with Crippen LogP contribution >= 0.6 is 0 Å². The second-order valence-electron chi connectivity index (χ2n) is 6.13. The summed E-state index contributed by atoms with van der Waals surface area (Å²) in [4.78, 5) is 4.78. The second-order valence-corrected chi connectivity index (χ2v) is 6.13. The molecule has 3 aromatic rings. The van der Waals surface area contributed by atoms with E-state index in [1.54, 1.807) is 0 Å². The summed E-state index contributed by atoms with van der Waals surface area (Å²) in [6, 6.07) is 16.8. The zero-order valence-electron chi connectivity index (χ0n) is 14.0. The summed E-state index contributed by atoms with van der Waals surface area (Å²) < 4.78 is 2.31. The van der Waals surface area contributed by atoms with Crippen molar-refractivity contribution in [2.24, 2.45) is 0 Å². The summed E-state index contributed by atoms with van der Waals surface area (Å²) in [7, 11) is 0. The molecule has 3 heteroatoms. The normalized spacial score (nSPS) is 11.0. The fourth-order valence-electron chi connectivity index (χ4n) is 2.86. The number of anilines is 2. The highest BCUT2D eigenvalue weighted by Gasteiger charge is 2.10. The zero-order chi connectivity index (χ0) is 16.1. The van der Waals surface area contributed by atoms with Gasteiger partial charge in [-0.25, -0.2) is 4.98 Å². The monoisotopic (exact) mass is 307 g/mol. The van der Waals surface area contributed by atoms with Crippen LogP contribution in [0.15, 0.2) is 48.5 Å². The van der Waals surface area contributed by atoms with E-state index in [4.69, 9.17) is 4.98 Å². The molecule has 1 N–H and O–H groups in total. The van der Waals surface area contributed by atoms with E-state index in [2.05, 4.69) is 66.2 Å². The van der Waals surface area contributed by atoms with Crippen molar-refractivity contribution in [2.75, 3.05) is 5.32 Å². The van der Waals surface area contributed by atoms with Gasteiger partial charge < -0.3 is 9.88 Å². The Labute approximate surface area is 138 Å². The number of benzene rings is 2. The molecular weight excluding hydrogens is 282 g/mol. The Morgan fingerprint density at radius 1 is 0.957 bits per heavy atom. The minimum Gasteiger partial charge on any atom is -0.326 e. The number of nitrogens with zero attached hydrogens (tertiary/aromatic N) is 2. The molecule has 0 spiro atoms. The quantitative estimate of drug-likeness (QED) is 0.570. The Morgan fingerprint density at radius 3 is 2.52 bits per heavy atom. The van der Waals surface area contributed by atoms with E-state index < -0.39 is 0 Å². The number of imidazole rings is 1. The molecule has 1 aromatic heterocycles. The number of aromatic nitrogens is 2. The Bertz CT molecular complexity index is 756. The van der Waals surface area contributed by atoms with Crippen LogP contribution in [0.25, 0.3) is 11.0 Å². The Hall–Kier alpha value is -2.29. The molecule has 0 saturated heterocycles. The summed E-state index contributed by atoms with van der Waals surface area (Å²) in [5.41, 5.74) is 4.61. The van der Waals surface area contributed by atoms with Gasteiger partial charge in [-0.05, 0) is 37.6 Å². The van der Waals surface area contributed by atoms with Gasteiger partial charge >= 0.3 is 0 Å². The largest absolute Gasteiger partial charge is 0.326 e. The molecule has 1 heterocycles. The zero-order valence-corrected chi connectivity index (χ0v) is 14.0. The van der Waals surface area contributed by atoms with Crippen LogP contribution in [-0.2, 0) is 6.54 Å². The minimum atomic E-state index is 0.937. The summed E-state index contributed by atoms with van der Waals surface area (Å²) in [6.45, 7) is 5.36. The van der Waals surface area contributed by atoms with E-state index in [-0.39, 0.29) is 0 Å². The van der Waals surface area contributed by atoms with Crippen molar-refractivity contribution in [3.63, 3.8) is 0 Å². The molecule has 0 aliphatic carbocycles. The van der Waals surface area contributed by atoms with Gasteiger partial charge in [-0.2, -0.15) is 0 Å². The van der Waals surface area contributed by atoms with E-state index in [9.17, 15) is 0 Å². The van der Waals surface area contributed by atoms with Gasteiger partial charge in [0.2, 0.25) is 5.95 Å². The summed E-state index contributed by atoms with van der Waals surface area (Å²) in [5, 5.41) is 3.48. The molecule has 0 unspecified atom stereocenters. The molecule has 0 saturated carbocycles. The lowest BCUT2D eigenvalue weighted by Gasteiger charge is -2.11. The second kappa shape index (κ2) is 7.32. The summed E-state index contributed by atoms with van der Waals surface area (Å²) in [6.07, 6.45) is 5.02. The molecule has 3 rings (SSSR count). The van der Waals surface area contributed by atoms with E-state index in [1.807, 2.05) is 6.07 Å². The number of para-hydroxylation sites is 2. The molecular formula is C20H25N3. The van der Waals surface area contributed by atoms with Crippen molar-refractivity contribution in [1.82, 2.24) is 9.55 Å². The first-order chi connectivity index (χ1) is 11.3. The lowest BCUT2D eigenvalue weighted by Crippen LogP contribution is -2.04. The van der Waals surface area contributed by atoms with Gasteiger partial charge in [0, 0.05) is 12.2 Å². The van der Waals surface area contributed by atoms with E-state index in [0.29, 0.717) is 0 Å². The van der Waals surface area contributed by atoms with Gasteiger partial charge in [-0.1, -0.05) is 56.0 Å². The van der Waals surface area contributed by atoms with Gasteiger partial charge in [0.25, 0.3) is 0 Å². The van der Waals surface area contributed by atoms with Crippen molar-refractivity contribution < 1.29 is 0 Å². The maximum Gasteiger partial charge on any atom is 0.208 e. The topological polar surface area (TPSA) is 29.9 Å². The van der Waals surface area contributed by atoms with Crippen LogP contribution in [0.4, 0.5) is 11.6 Å². The molecule has 2 aromatic carbocycles. The Morgan fingerprint density at radius 2 is 1.74 bits per heavy atom. The molecule has 120 valence electrons. The van der Waals surface area contributed by atoms with Crippen LogP contribution in [0.5, 0.6) is 0 Å². The van der Waals surface area contributed by atoms with Gasteiger partial charge in [0.05, 0.1) is 11.0 Å². The highest BCUT2D eigenvalue weighted by Crippen LogP contribution is 2.23. The van der Waals surface area contributed by atoms with Gasteiger partial charge in [0.1, 0.15) is 0 Å². The van der Waals surface area contributed by atoms with Gasteiger partial charge in [-0.15, -0.1) is 0 Å². The van der Waals surface area contributed by atoms with Crippen molar-refractivity contribution in [1.29, 1.82) is 0 Å². The van der Waals surface area contributed by atoms with Crippen molar-refractivity contribution >= 4 is 22.7 Å². The molecule has 0 fully saturated rings. The van der Waals surface area contributed by atoms with Crippen LogP contribution in [0.2, 0.25) is 0 Å². The number of unbranched alkanes of at least 4 members (excludes halogenated alkanes) is 3. The fourth-order valence-corrected chi connectivity index (χ4v) is 2.86. The van der Waals surface area contributed by atoms with E-state index in [0.717, 1.165) is 23.7 Å². The molecule has 0 atom stereocenters. The van der Waals surface area contributed by atoms with Crippen LogP contribution in [0.1, 0.15) is 38.2 Å².